The van der Waals surface area contributed by atoms with Gasteiger partial charge in [-0.05, 0) is 31.2 Å². The van der Waals surface area contributed by atoms with Crippen molar-refractivity contribution in [3.8, 4) is 0 Å². The second-order valence-corrected chi connectivity index (χ2v) is 4.49. The predicted octanol–water partition coefficient (Wildman–Crippen LogP) is 3.55. The van der Waals surface area contributed by atoms with Crippen LogP contribution in [0.2, 0.25) is 0 Å². The van der Waals surface area contributed by atoms with Gasteiger partial charge in [-0.3, -0.25) is 9.97 Å². The van der Waals surface area contributed by atoms with Gasteiger partial charge < -0.3 is 5.32 Å². The molecule has 0 atom stereocenters. The number of fused-ring (bicyclic) bond motifs is 1. The van der Waals surface area contributed by atoms with Gasteiger partial charge in [-0.2, -0.15) is 0 Å². The van der Waals surface area contributed by atoms with Crippen molar-refractivity contribution >= 4 is 16.6 Å². The van der Waals surface area contributed by atoms with E-state index in [1.807, 2.05) is 37.3 Å². The molecule has 0 radical (unpaired) electrons. The van der Waals surface area contributed by atoms with E-state index in [4.69, 9.17) is 0 Å². The van der Waals surface area contributed by atoms with Crippen molar-refractivity contribution in [2.45, 2.75) is 13.5 Å². The van der Waals surface area contributed by atoms with Crippen LogP contribution in [0.4, 0.5) is 5.69 Å². The molecule has 0 unspecified atom stereocenters. The third kappa shape index (κ3) is 2.55. The van der Waals surface area contributed by atoms with Crippen molar-refractivity contribution in [2.75, 3.05) is 5.32 Å². The molecule has 3 nitrogen and oxygen atoms in total. The highest BCUT2D eigenvalue weighted by Crippen LogP contribution is 2.14. The first-order valence-corrected chi connectivity index (χ1v) is 6.33. The molecule has 3 heteroatoms. The number of hydrogen-bond acceptors (Lipinski definition) is 3. The van der Waals surface area contributed by atoms with Crippen molar-refractivity contribution in [2.24, 2.45) is 0 Å². The van der Waals surface area contributed by atoms with Crippen LogP contribution in [-0.2, 0) is 6.54 Å². The average Bonchev–Trinajstić information content (AvgIpc) is 2.46. The number of benzene rings is 1. The maximum Gasteiger partial charge on any atom is 0.0706 e. The Morgan fingerprint density at radius 3 is 2.79 bits per heavy atom. The van der Waals surface area contributed by atoms with E-state index in [2.05, 4.69) is 33.5 Å². The lowest BCUT2D eigenvalue weighted by Crippen LogP contribution is -2.03. The third-order valence-corrected chi connectivity index (χ3v) is 3.12. The Hall–Kier alpha value is -2.42. The van der Waals surface area contributed by atoms with Crippen LogP contribution in [0.25, 0.3) is 10.9 Å². The number of rotatable bonds is 3. The molecule has 3 aromatic rings. The van der Waals surface area contributed by atoms with E-state index in [0.717, 1.165) is 22.6 Å². The highest BCUT2D eigenvalue weighted by atomic mass is 14.9. The van der Waals surface area contributed by atoms with Gasteiger partial charge in [0.15, 0.2) is 0 Å². The average molecular weight is 249 g/mol. The standard InChI is InChI=1S/C16H15N3/c1-12-15(7-4-10-17-12)18-11-14-9-8-13-5-2-3-6-16(13)19-14/h2-10,18H,11H2,1H3. The second kappa shape index (κ2) is 5.06. The van der Waals surface area contributed by atoms with Crippen LogP contribution in [0.1, 0.15) is 11.4 Å². The molecule has 0 spiro atoms. The van der Waals surface area contributed by atoms with E-state index in [1.165, 1.54) is 5.39 Å². The smallest absolute Gasteiger partial charge is 0.0706 e. The second-order valence-electron chi connectivity index (χ2n) is 4.49. The van der Waals surface area contributed by atoms with Crippen LogP contribution in [0.5, 0.6) is 0 Å². The number of nitrogens with zero attached hydrogens (tertiary/aromatic N) is 2. The molecular weight excluding hydrogens is 234 g/mol. The van der Waals surface area contributed by atoms with Gasteiger partial charge in [0.2, 0.25) is 0 Å². The highest BCUT2D eigenvalue weighted by Gasteiger charge is 2.00. The number of aryl methyl sites for hydroxylation is 1. The molecule has 0 amide bonds. The van der Waals surface area contributed by atoms with E-state index < -0.39 is 0 Å². The molecule has 0 saturated carbocycles. The summed E-state index contributed by atoms with van der Waals surface area (Å²) >= 11 is 0. The lowest BCUT2D eigenvalue weighted by atomic mass is 10.2. The summed E-state index contributed by atoms with van der Waals surface area (Å²) in [6.07, 6.45) is 1.80. The first-order chi connectivity index (χ1) is 9.33. The molecule has 3 rings (SSSR count). The van der Waals surface area contributed by atoms with Crippen molar-refractivity contribution < 1.29 is 0 Å². The Kier molecular flexibility index (Phi) is 3.11. The summed E-state index contributed by atoms with van der Waals surface area (Å²) in [5.41, 5.74) is 4.12. The molecule has 1 N–H and O–H groups in total. The SMILES string of the molecule is Cc1ncccc1NCc1ccc2ccccc2n1. The Morgan fingerprint density at radius 2 is 1.89 bits per heavy atom. The minimum Gasteiger partial charge on any atom is -0.378 e. The summed E-state index contributed by atoms with van der Waals surface area (Å²) in [6, 6.07) is 16.3. The minimum absolute atomic E-state index is 0.706. The summed E-state index contributed by atoms with van der Waals surface area (Å²) in [7, 11) is 0. The van der Waals surface area contributed by atoms with Crippen molar-refractivity contribution in [3.05, 3.63) is 66.1 Å². The maximum absolute atomic E-state index is 4.64. The van der Waals surface area contributed by atoms with E-state index in [-0.39, 0.29) is 0 Å². The normalized spacial score (nSPS) is 10.6. The van der Waals surface area contributed by atoms with E-state index >= 15 is 0 Å². The lowest BCUT2D eigenvalue weighted by molar-refractivity contribution is 1.05. The van der Waals surface area contributed by atoms with E-state index in [9.17, 15) is 0 Å². The van der Waals surface area contributed by atoms with Gasteiger partial charge in [0.1, 0.15) is 0 Å². The number of nitrogens with one attached hydrogen (secondary N) is 1. The monoisotopic (exact) mass is 249 g/mol. The zero-order chi connectivity index (χ0) is 13.1. The molecule has 19 heavy (non-hydrogen) atoms. The Balaban J connectivity index is 1.80. The minimum atomic E-state index is 0.706. The molecule has 0 saturated heterocycles. The van der Waals surface area contributed by atoms with Crippen LogP contribution in [0, 0.1) is 6.92 Å². The fourth-order valence-electron chi connectivity index (χ4n) is 2.06. The topological polar surface area (TPSA) is 37.8 Å². The first-order valence-electron chi connectivity index (χ1n) is 6.33. The van der Waals surface area contributed by atoms with Crippen molar-refractivity contribution in [1.29, 1.82) is 0 Å². The Morgan fingerprint density at radius 1 is 1.00 bits per heavy atom. The summed E-state index contributed by atoms with van der Waals surface area (Å²) in [4.78, 5) is 8.90. The molecule has 0 fully saturated rings. The van der Waals surface area contributed by atoms with Gasteiger partial charge in [-0.1, -0.05) is 24.3 Å². The van der Waals surface area contributed by atoms with Crippen LogP contribution < -0.4 is 5.32 Å². The van der Waals surface area contributed by atoms with Crippen LogP contribution in [-0.4, -0.2) is 9.97 Å². The zero-order valence-electron chi connectivity index (χ0n) is 10.8. The number of hydrogen-bond donors (Lipinski definition) is 1. The van der Waals surface area contributed by atoms with Gasteiger partial charge in [-0.25, -0.2) is 0 Å². The summed E-state index contributed by atoms with van der Waals surface area (Å²) in [5.74, 6) is 0. The maximum atomic E-state index is 4.64. The zero-order valence-corrected chi connectivity index (χ0v) is 10.8. The number of pyridine rings is 2. The highest BCUT2D eigenvalue weighted by molar-refractivity contribution is 5.78. The number of para-hydroxylation sites is 1. The van der Waals surface area contributed by atoms with Gasteiger partial charge in [-0.15, -0.1) is 0 Å². The molecule has 0 aliphatic rings. The molecule has 94 valence electrons. The van der Waals surface area contributed by atoms with Crippen LogP contribution in [0.15, 0.2) is 54.7 Å². The van der Waals surface area contributed by atoms with E-state index in [0.29, 0.717) is 6.54 Å². The molecule has 2 heterocycles. The molecule has 2 aromatic heterocycles. The van der Waals surface area contributed by atoms with Crippen LogP contribution in [0.3, 0.4) is 0 Å². The number of anilines is 1. The summed E-state index contributed by atoms with van der Waals surface area (Å²) in [5, 5.41) is 4.54. The Bertz CT molecular complexity index is 707. The lowest BCUT2D eigenvalue weighted by Gasteiger charge is -2.08. The molecule has 1 aromatic carbocycles. The van der Waals surface area contributed by atoms with Gasteiger partial charge in [0.25, 0.3) is 0 Å². The number of aromatic nitrogens is 2. The molecule has 0 aliphatic carbocycles. The molecular formula is C16H15N3. The predicted molar refractivity (Wildman–Crippen MR) is 78.0 cm³/mol. The fraction of sp³-hybridized carbons (Fsp3) is 0.125. The molecule has 0 aliphatic heterocycles. The van der Waals surface area contributed by atoms with Gasteiger partial charge in [0.05, 0.1) is 29.1 Å². The van der Waals surface area contributed by atoms with Gasteiger partial charge >= 0.3 is 0 Å². The van der Waals surface area contributed by atoms with Gasteiger partial charge in [0, 0.05) is 11.6 Å². The molecule has 0 bridgehead atoms. The largest absolute Gasteiger partial charge is 0.378 e. The van der Waals surface area contributed by atoms with Crippen molar-refractivity contribution in [3.63, 3.8) is 0 Å². The fourth-order valence-corrected chi connectivity index (χ4v) is 2.06. The quantitative estimate of drug-likeness (QED) is 0.771. The first kappa shape index (κ1) is 11.7. The Labute approximate surface area is 112 Å². The van der Waals surface area contributed by atoms with Crippen LogP contribution >= 0.6 is 0 Å². The van der Waals surface area contributed by atoms with E-state index in [1.54, 1.807) is 6.20 Å². The summed E-state index contributed by atoms with van der Waals surface area (Å²) in [6.45, 7) is 2.70. The van der Waals surface area contributed by atoms with Crippen molar-refractivity contribution in [1.82, 2.24) is 9.97 Å². The third-order valence-electron chi connectivity index (χ3n) is 3.12. The summed E-state index contributed by atoms with van der Waals surface area (Å²) < 4.78 is 0.